The normalized spacial score (nSPS) is 17.2. The van der Waals surface area contributed by atoms with Gasteiger partial charge in [-0.1, -0.05) is 12.8 Å². The van der Waals surface area contributed by atoms with Crippen LogP contribution in [-0.2, 0) is 0 Å². The Balaban J connectivity index is 2.31. The van der Waals surface area contributed by atoms with E-state index in [1.165, 1.54) is 25.7 Å². The fourth-order valence-corrected chi connectivity index (χ4v) is 2.11. The summed E-state index contributed by atoms with van der Waals surface area (Å²) in [4.78, 5) is 19.1. The first-order valence-corrected chi connectivity index (χ1v) is 5.10. The molecule has 0 saturated heterocycles. The Kier molecular flexibility index (Phi) is 2.57. The molecule has 0 atom stereocenters. The molecule has 0 bridgehead atoms. The lowest BCUT2D eigenvalue weighted by molar-refractivity contribution is 0.111. The van der Waals surface area contributed by atoms with Crippen molar-refractivity contribution in [1.82, 2.24) is 9.97 Å². The highest BCUT2D eigenvalue weighted by Gasteiger charge is 2.19. The van der Waals surface area contributed by atoms with Crippen LogP contribution in [0.4, 0.5) is 0 Å². The lowest BCUT2D eigenvalue weighted by Gasteiger charge is -2.08. The molecule has 14 heavy (non-hydrogen) atoms. The Morgan fingerprint density at radius 1 is 1.36 bits per heavy atom. The number of aryl methyl sites for hydroxylation is 1. The van der Waals surface area contributed by atoms with Crippen LogP contribution >= 0.6 is 0 Å². The molecule has 1 aromatic rings. The number of carbonyl (C=O) groups is 1. The fraction of sp³-hybridized carbons (Fsp3) is 0.545. The first-order valence-electron chi connectivity index (χ1n) is 5.10. The fourth-order valence-electron chi connectivity index (χ4n) is 2.11. The summed E-state index contributed by atoms with van der Waals surface area (Å²) in [6, 6.07) is 1.83. The molecule has 1 saturated carbocycles. The van der Waals surface area contributed by atoms with Gasteiger partial charge in [0.15, 0.2) is 6.29 Å². The summed E-state index contributed by atoms with van der Waals surface area (Å²) >= 11 is 0. The summed E-state index contributed by atoms with van der Waals surface area (Å²) in [6.45, 7) is 1.84. The molecule has 0 aromatic carbocycles. The molecule has 1 aliphatic rings. The largest absolute Gasteiger partial charge is 0.296 e. The number of aldehydes is 1. The van der Waals surface area contributed by atoms with Gasteiger partial charge in [0, 0.05) is 11.6 Å². The van der Waals surface area contributed by atoms with Gasteiger partial charge in [0.05, 0.1) is 0 Å². The van der Waals surface area contributed by atoms with Crippen molar-refractivity contribution in [1.29, 1.82) is 0 Å². The maximum atomic E-state index is 10.6. The summed E-state index contributed by atoms with van der Waals surface area (Å²) in [6.07, 6.45) is 5.77. The van der Waals surface area contributed by atoms with Crippen molar-refractivity contribution >= 4 is 6.29 Å². The van der Waals surface area contributed by atoms with Gasteiger partial charge in [0.25, 0.3) is 0 Å². The molecule has 0 unspecified atom stereocenters. The summed E-state index contributed by atoms with van der Waals surface area (Å²) in [5.41, 5.74) is 1.57. The molecule has 1 fully saturated rings. The predicted molar refractivity (Wildman–Crippen MR) is 53.4 cm³/mol. The lowest BCUT2D eigenvalue weighted by atomic mass is 10.0. The Bertz CT molecular complexity index is 343. The van der Waals surface area contributed by atoms with E-state index >= 15 is 0 Å². The molecule has 0 amide bonds. The molecule has 0 aliphatic heterocycles. The van der Waals surface area contributed by atoms with Gasteiger partial charge in [0.1, 0.15) is 11.5 Å². The lowest BCUT2D eigenvalue weighted by Crippen LogP contribution is -2.02. The van der Waals surface area contributed by atoms with Crippen molar-refractivity contribution in [2.24, 2.45) is 0 Å². The van der Waals surface area contributed by atoms with E-state index in [0.717, 1.165) is 12.0 Å². The highest BCUT2D eigenvalue weighted by atomic mass is 16.1. The van der Waals surface area contributed by atoms with Crippen LogP contribution in [-0.4, -0.2) is 16.3 Å². The van der Waals surface area contributed by atoms with Crippen molar-refractivity contribution < 1.29 is 4.79 Å². The molecular formula is C11H14N2O. The van der Waals surface area contributed by atoms with E-state index in [4.69, 9.17) is 0 Å². The topological polar surface area (TPSA) is 42.9 Å². The van der Waals surface area contributed by atoms with Crippen LogP contribution in [0.2, 0.25) is 0 Å². The van der Waals surface area contributed by atoms with Crippen LogP contribution in [0, 0.1) is 6.92 Å². The van der Waals surface area contributed by atoms with Crippen LogP contribution in [0.15, 0.2) is 6.07 Å². The summed E-state index contributed by atoms with van der Waals surface area (Å²) in [7, 11) is 0. The van der Waals surface area contributed by atoms with Crippen molar-refractivity contribution in [2.45, 2.75) is 38.5 Å². The van der Waals surface area contributed by atoms with E-state index in [2.05, 4.69) is 9.97 Å². The van der Waals surface area contributed by atoms with Crippen molar-refractivity contribution in [3.63, 3.8) is 0 Å². The standard InChI is InChI=1S/C11H14N2O/c1-8-12-10(7-14)6-11(13-8)9-4-2-3-5-9/h6-7,9H,2-5H2,1H3. The summed E-state index contributed by atoms with van der Waals surface area (Å²) < 4.78 is 0. The summed E-state index contributed by atoms with van der Waals surface area (Å²) in [5, 5.41) is 0. The van der Waals surface area contributed by atoms with Gasteiger partial charge in [-0.25, -0.2) is 9.97 Å². The van der Waals surface area contributed by atoms with Crippen molar-refractivity contribution in [3.8, 4) is 0 Å². The first-order chi connectivity index (χ1) is 6.79. The van der Waals surface area contributed by atoms with Crippen LogP contribution in [0.1, 0.15) is 53.6 Å². The quantitative estimate of drug-likeness (QED) is 0.672. The van der Waals surface area contributed by atoms with E-state index in [0.29, 0.717) is 17.4 Å². The number of hydrogen-bond acceptors (Lipinski definition) is 3. The smallest absolute Gasteiger partial charge is 0.168 e. The average Bonchev–Trinajstić information content (AvgIpc) is 2.69. The molecule has 2 rings (SSSR count). The van der Waals surface area contributed by atoms with E-state index < -0.39 is 0 Å². The minimum Gasteiger partial charge on any atom is -0.296 e. The van der Waals surface area contributed by atoms with E-state index in [-0.39, 0.29) is 0 Å². The monoisotopic (exact) mass is 190 g/mol. The number of aromatic nitrogens is 2. The van der Waals surface area contributed by atoms with Gasteiger partial charge in [-0.2, -0.15) is 0 Å². The Morgan fingerprint density at radius 2 is 2.07 bits per heavy atom. The average molecular weight is 190 g/mol. The molecule has 0 radical (unpaired) electrons. The Hall–Kier alpha value is -1.25. The molecular weight excluding hydrogens is 176 g/mol. The number of rotatable bonds is 2. The third kappa shape index (κ3) is 1.81. The maximum Gasteiger partial charge on any atom is 0.168 e. The number of hydrogen-bond donors (Lipinski definition) is 0. The van der Waals surface area contributed by atoms with Crippen molar-refractivity contribution in [3.05, 3.63) is 23.3 Å². The minimum atomic E-state index is 0.513. The van der Waals surface area contributed by atoms with Gasteiger partial charge < -0.3 is 0 Å². The maximum absolute atomic E-state index is 10.6. The zero-order valence-corrected chi connectivity index (χ0v) is 8.36. The van der Waals surface area contributed by atoms with Gasteiger partial charge in [-0.3, -0.25) is 4.79 Å². The zero-order valence-electron chi connectivity index (χ0n) is 8.36. The molecule has 0 N–H and O–H groups in total. The Labute approximate surface area is 83.6 Å². The molecule has 1 heterocycles. The third-order valence-corrected chi connectivity index (χ3v) is 2.77. The highest BCUT2D eigenvalue weighted by molar-refractivity contribution is 5.71. The molecule has 3 nitrogen and oxygen atoms in total. The molecule has 3 heteroatoms. The van der Waals surface area contributed by atoms with Crippen LogP contribution in [0.5, 0.6) is 0 Å². The van der Waals surface area contributed by atoms with Crippen LogP contribution in [0.25, 0.3) is 0 Å². The SMILES string of the molecule is Cc1nc(C=O)cc(C2CCCC2)n1. The zero-order chi connectivity index (χ0) is 9.97. The van der Waals surface area contributed by atoms with Gasteiger partial charge in [-0.15, -0.1) is 0 Å². The van der Waals surface area contributed by atoms with E-state index in [1.54, 1.807) is 0 Å². The molecule has 74 valence electrons. The highest BCUT2D eigenvalue weighted by Crippen LogP contribution is 2.32. The van der Waals surface area contributed by atoms with Gasteiger partial charge >= 0.3 is 0 Å². The van der Waals surface area contributed by atoms with E-state index in [9.17, 15) is 4.79 Å². The summed E-state index contributed by atoms with van der Waals surface area (Å²) in [5.74, 6) is 1.26. The second-order valence-corrected chi connectivity index (χ2v) is 3.86. The minimum absolute atomic E-state index is 0.513. The first kappa shape index (κ1) is 9.31. The third-order valence-electron chi connectivity index (χ3n) is 2.77. The molecule has 0 spiro atoms. The van der Waals surface area contributed by atoms with Gasteiger partial charge in [-0.05, 0) is 25.8 Å². The Morgan fingerprint density at radius 3 is 2.71 bits per heavy atom. The predicted octanol–water partition coefficient (Wildman–Crippen LogP) is 2.26. The number of carbonyl (C=O) groups excluding carboxylic acids is 1. The van der Waals surface area contributed by atoms with Crippen LogP contribution in [0.3, 0.4) is 0 Å². The second-order valence-electron chi connectivity index (χ2n) is 3.86. The number of nitrogens with zero attached hydrogens (tertiary/aromatic N) is 2. The van der Waals surface area contributed by atoms with E-state index in [1.807, 2.05) is 13.0 Å². The van der Waals surface area contributed by atoms with Crippen molar-refractivity contribution in [2.75, 3.05) is 0 Å². The second kappa shape index (κ2) is 3.86. The van der Waals surface area contributed by atoms with Crippen LogP contribution < -0.4 is 0 Å². The molecule has 1 aromatic heterocycles. The molecule has 1 aliphatic carbocycles. The van der Waals surface area contributed by atoms with Gasteiger partial charge in [0.2, 0.25) is 0 Å².